The highest BCUT2D eigenvalue weighted by Crippen LogP contribution is 2.25. The first-order valence-electron chi connectivity index (χ1n) is 4.91. The highest BCUT2D eigenvalue weighted by Gasteiger charge is 2.08. The van der Waals surface area contributed by atoms with Gasteiger partial charge in [0.15, 0.2) is 0 Å². The number of nitrogens with one attached hydrogen (secondary N) is 1. The van der Waals surface area contributed by atoms with Crippen LogP contribution in [0.2, 0.25) is 5.02 Å². The molecule has 88 valence electrons. The summed E-state index contributed by atoms with van der Waals surface area (Å²) in [5.74, 6) is 0.397. The number of hydrogen-bond donors (Lipinski definition) is 2. The lowest BCUT2D eigenvalue weighted by Crippen LogP contribution is -2.10. The van der Waals surface area contributed by atoms with Crippen molar-refractivity contribution >= 4 is 11.6 Å². The molecule has 0 aliphatic rings. The van der Waals surface area contributed by atoms with E-state index in [2.05, 4.69) is 9.97 Å². The number of hydrogen-bond acceptors (Lipinski definition) is 4. The average molecular weight is 252 g/mol. The smallest absolute Gasteiger partial charge is 0.311 e. The van der Waals surface area contributed by atoms with Crippen LogP contribution in [0.3, 0.4) is 0 Å². The molecule has 0 aliphatic heterocycles. The van der Waals surface area contributed by atoms with Gasteiger partial charge in [-0.25, -0.2) is 4.98 Å². The third-order valence-corrected chi connectivity index (χ3v) is 2.37. The van der Waals surface area contributed by atoms with E-state index < -0.39 is 5.56 Å². The third kappa shape index (κ3) is 2.64. The average Bonchev–Trinajstić information content (AvgIpc) is 2.32. The fourth-order valence-corrected chi connectivity index (χ4v) is 1.47. The lowest BCUT2D eigenvalue weighted by molar-refractivity contribution is 0.449. The van der Waals surface area contributed by atoms with Gasteiger partial charge in [-0.3, -0.25) is 4.79 Å². The lowest BCUT2D eigenvalue weighted by Gasteiger charge is -2.08. The number of nitrogens with zero attached hydrogens (tertiary/aromatic N) is 1. The largest absolute Gasteiger partial charge is 0.434 e. The number of rotatable bonds is 3. The Hall–Kier alpha value is -1.85. The molecule has 2 aromatic rings. The molecule has 6 heteroatoms. The summed E-state index contributed by atoms with van der Waals surface area (Å²) in [6.07, 6.45) is 2.86. The van der Waals surface area contributed by atoms with E-state index in [9.17, 15) is 4.79 Å². The van der Waals surface area contributed by atoms with E-state index in [0.29, 0.717) is 10.8 Å². The summed E-state index contributed by atoms with van der Waals surface area (Å²) in [4.78, 5) is 17.7. The normalized spacial score (nSPS) is 10.2. The van der Waals surface area contributed by atoms with Crippen molar-refractivity contribution in [2.24, 2.45) is 5.73 Å². The predicted molar refractivity (Wildman–Crippen MR) is 64.3 cm³/mol. The monoisotopic (exact) mass is 251 g/mol. The molecular formula is C11H10ClN3O2. The molecule has 0 atom stereocenters. The second-order valence-corrected chi connectivity index (χ2v) is 3.72. The van der Waals surface area contributed by atoms with Crippen LogP contribution in [0, 0.1) is 0 Å². The van der Waals surface area contributed by atoms with Crippen LogP contribution in [-0.2, 0) is 6.54 Å². The first kappa shape index (κ1) is 11.6. The molecule has 0 spiro atoms. The van der Waals surface area contributed by atoms with Crippen molar-refractivity contribution in [3.8, 4) is 11.6 Å². The van der Waals surface area contributed by atoms with Gasteiger partial charge in [0, 0.05) is 29.5 Å². The van der Waals surface area contributed by atoms with Gasteiger partial charge in [0.05, 0.1) is 0 Å². The zero-order valence-electron chi connectivity index (χ0n) is 8.81. The Morgan fingerprint density at radius 1 is 1.47 bits per heavy atom. The number of H-pyrrole nitrogens is 1. The van der Waals surface area contributed by atoms with Gasteiger partial charge in [-0.15, -0.1) is 0 Å². The molecule has 0 saturated heterocycles. The zero-order valence-corrected chi connectivity index (χ0v) is 9.57. The summed E-state index contributed by atoms with van der Waals surface area (Å²) in [6.45, 7) is 0.289. The fraction of sp³-hybridized carbons (Fsp3) is 0.0909. The van der Waals surface area contributed by atoms with Gasteiger partial charge < -0.3 is 15.5 Å². The second kappa shape index (κ2) is 4.99. The number of aromatic nitrogens is 2. The van der Waals surface area contributed by atoms with E-state index >= 15 is 0 Å². The Balaban J connectivity index is 2.39. The van der Waals surface area contributed by atoms with E-state index in [1.165, 1.54) is 12.4 Å². The number of benzene rings is 1. The van der Waals surface area contributed by atoms with Crippen LogP contribution >= 0.6 is 11.6 Å². The van der Waals surface area contributed by atoms with Crippen LogP contribution in [0.5, 0.6) is 11.6 Å². The Labute approximate surface area is 102 Å². The highest BCUT2D eigenvalue weighted by atomic mass is 35.5. The zero-order chi connectivity index (χ0) is 12.3. The van der Waals surface area contributed by atoms with E-state index in [0.717, 1.165) is 5.56 Å². The van der Waals surface area contributed by atoms with Gasteiger partial charge in [-0.1, -0.05) is 17.7 Å². The van der Waals surface area contributed by atoms with E-state index in [-0.39, 0.29) is 12.4 Å². The molecule has 1 aromatic carbocycles. The van der Waals surface area contributed by atoms with Crippen molar-refractivity contribution in [2.75, 3.05) is 0 Å². The standard InChI is InChI=1S/C11H10ClN3O2/c12-8-2-1-7(6-13)9(5-8)17-11-10(16)14-3-4-15-11/h1-5H,6,13H2,(H,14,16). The molecule has 0 radical (unpaired) electrons. The Morgan fingerprint density at radius 3 is 3.00 bits per heavy atom. The molecule has 0 unspecified atom stereocenters. The summed E-state index contributed by atoms with van der Waals surface area (Å²) in [5.41, 5.74) is 5.91. The minimum Gasteiger partial charge on any atom is -0.434 e. The molecule has 2 rings (SSSR count). The SMILES string of the molecule is NCc1ccc(Cl)cc1Oc1ncc[nH]c1=O. The van der Waals surface area contributed by atoms with Crippen LogP contribution in [0.1, 0.15) is 5.56 Å². The minimum absolute atomic E-state index is 0.0375. The van der Waals surface area contributed by atoms with E-state index in [4.69, 9.17) is 22.1 Å². The van der Waals surface area contributed by atoms with E-state index in [1.807, 2.05) is 0 Å². The molecule has 0 saturated carbocycles. The van der Waals surface area contributed by atoms with Gasteiger partial charge >= 0.3 is 5.56 Å². The summed E-state index contributed by atoms with van der Waals surface area (Å²) in [7, 11) is 0. The van der Waals surface area contributed by atoms with E-state index in [1.54, 1.807) is 18.2 Å². The lowest BCUT2D eigenvalue weighted by atomic mass is 10.2. The number of aromatic amines is 1. The predicted octanol–water partition coefficient (Wildman–Crippen LogP) is 1.67. The van der Waals surface area contributed by atoms with Crippen molar-refractivity contribution < 1.29 is 4.74 Å². The number of nitrogens with two attached hydrogens (primary N) is 1. The minimum atomic E-state index is -0.407. The van der Waals surface area contributed by atoms with Crippen molar-refractivity contribution in [1.82, 2.24) is 9.97 Å². The molecule has 3 N–H and O–H groups in total. The molecule has 0 aliphatic carbocycles. The molecule has 0 amide bonds. The Bertz CT molecular complexity index is 583. The third-order valence-electron chi connectivity index (χ3n) is 2.13. The van der Waals surface area contributed by atoms with Crippen molar-refractivity contribution in [2.45, 2.75) is 6.54 Å². The second-order valence-electron chi connectivity index (χ2n) is 3.28. The maximum absolute atomic E-state index is 11.4. The molecule has 0 fully saturated rings. The van der Waals surface area contributed by atoms with Crippen LogP contribution in [0.25, 0.3) is 0 Å². The van der Waals surface area contributed by atoms with Crippen LogP contribution in [0.15, 0.2) is 35.4 Å². The highest BCUT2D eigenvalue weighted by molar-refractivity contribution is 6.30. The van der Waals surface area contributed by atoms with Crippen molar-refractivity contribution in [1.29, 1.82) is 0 Å². The van der Waals surface area contributed by atoms with Crippen molar-refractivity contribution in [3.05, 3.63) is 51.5 Å². The van der Waals surface area contributed by atoms with Gasteiger partial charge in [0.25, 0.3) is 5.88 Å². The summed E-state index contributed by atoms with van der Waals surface area (Å²) < 4.78 is 5.39. The maximum atomic E-state index is 11.4. The molecule has 1 heterocycles. The summed E-state index contributed by atoms with van der Waals surface area (Å²) in [6, 6.07) is 5.05. The quantitative estimate of drug-likeness (QED) is 0.870. The van der Waals surface area contributed by atoms with Gasteiger partial charge in [0.2, 0.25) is 0 Å². The molecular weight excluding hydrogens is 242 g/mol. The maximum Gasteiger partial charge on any atom is 0.311 e. The topological polar surface area (TPSA) is 81.0 Å². The van der Waals surface area contributed by atoms with Gasteiger partial charge in [-0.05, 0) is 12.1 Å². The van der Waals surface area contributed by atoms with Crippen LogP contribution in [-0.4, -0.2) is 9.97 Å². The first-order chi connectivity index (χ1) is 8.20. The van der Waals surface area contributed by atoms with Gasteiger partial charge in [0.1, 0.15) is 5.75 Å². The van der Waals surface area contributed by atoms with Crippen molar-refractivity contribution in [3.63, 3.8) is 0 Å². The molecule has 17 heavy (non-hydrogen) atoms. The van der Waals surface area contributed by atoms with Crippen LogP contribution < -0.4 is 16.0 Å². The molecule has 5 nitrogen and oxygen atoms in total. The molecule has 0 bridgehead atoms. The summed E-state index contributed by atoms with van der Waals surface area (Å²) in [5, 5.41) is 0.504. The number of ether oxygens (including phenoxy) is 1. The number of halogens is 1. The summed E-state index contributed by atoms with van der Waals surface area (Å²) >= 11 is 5.85. The fourth-order valence-electron chi connectivity index (χ4n) is 1.31. The molecule has 1 aromatic heterocycles. The Kier molecular flexibility index (Phi) is 3.41. The first-order valence-corrected chi connectivity index (χ1v) is 5.28. The Morgan fingerprint density at radius 2 is 2.29 bits per heavy atom. The van der Waals surface area contributed by atoms with Gasteiger partial charge in [-0.2, -0.15) is 0 Å². The van der Waals surface area contributed by atoms with Crippen LogP contribution in [0.4, 0.5) is 0 Å².